The number of aliphatic carboxylic acids is 1. The van der Waals surface area contributed by atoms with Crippen molar-refractivity contribution in [1.82, 2.24) is 16.0 Å². The molecule has 0 aliphatic carbocycles. The molecular weight excluding hydrogens is 456 g/mol. The predicted octanol–water partition coefficient (Wildman–Crippen LogP) is 0.912. The quantitative estimate of drug-likeness (QED) is 0.140. The molecule has 0 aliphatic heterocycles. The normalized spacial score (nSPS) is 11.1. The van der Waals surface area contributed by atoms with Gasteiger partial charge in [-0.05, 0) is 24.3 Å². The number of phenolic OH excluding ortho intramolecular Hbond substituents is 1. The zero-order chi connectivity index (χ0) is 24.4. The van der Waals surface area contributed by atoms with Crippen molar-refractivity contribution in [3.05, 3.63) is 53.1 Å². The van der Waals surface area contributed by atoms with Crippen LogP contribution in [0.4, 0.5) is 10.5 Å². The van der Waals surface area contributed by atoms with Crippen molar-refractivity contribution in [2.45, 2.75) is 6.04 Å². The molecule has 0 aliphatic rings. The SMILES string of the molecule is N=C(N)NCCOc1ccc(C(=O)NC[C@H](NC(=O)Nc2ccccc2Cl)C(=O)O)c(O)c1. The van der Waals surface area contributed by atoms with Gasteiger partial charge in [-0.1, -0.05) is 23.7 Å². The fraction of sp³-hybridized carbons (Fsp3) is 0.200. The number of benzene rings is 2. The van der Waals surface area contributed by atoms with Gasteiger partial charge >= 0.3 is 12.0 Å². The van der Waals surface area contributed by atoms with E-state index in [0.717, 1.165) is 0 Å². The summed E-state index contributed by atoms with van der Waals surface area (Å²) in [7, 11) is 0. The summed E-state index contributed by atoms with van der Waals surface area (Å²) >= 11 is 5.95. The van der Waals surface area contributed by atoms with Gasteiger partial charge in [0.25, 0.3) is 5.91 Å². The Morgan fingerprint density at radius 3 is 2.52 bits per heavy atom. The maximum absolute atomic E-state index is 12.4. The molecule has 0 heterocycles. The van der Waals surface area contributed by atoms with Gasteiger partial charge in [-0.25, -0.2) is 9.59 Å². The van der Waals surface area contributed by atoms with Crippen LogP contribution in [0.2, 0.25) is 5.02 Å². The molecule has 0 bridgehead atoms. The van der Waals surface area contributed by atoms with Crippen molar-refractivity contribution in [1.29, 1.82) is 5.41 Å². The zero-order valence-corrected chi connectivity index (χ0v) is 18.0. The number of para-hydroxylation sites is 1. The van der Waals surface area contributed by atoms with E-state index in [2.05, 4.69) is 21.3 Å². The lowest BCUT2D eigenvalue weighted by Crippen LogP contribution is -2.49. The van der Waals surface area contributed by atoms with Crippen molar-refractivity contribution >= 4 is 41.2 Å². The highest BCUT2D eigenvalue weighted by Crippen LogP contribution is 2.23. The number of nitrogens with two attached hydrogens (primary N) is 1. The molecule has 9 N–H and O–H groups in total. The van der Waals surface area contributed by atoms with Crippen LogP contribution < -0.4 is 31.7 Å². The second kappa shape index (κ2) is 12.0. The van der Waals surface area contributed by atoms with Crippen LogP contribution in [0.25, 0.3) is 0 Å². The van der Waals surface area contributed by atoms with Gasteiger partial charge in [0, 0.05) is 12.6 Å². The predicted molar refractivity (Wildman–Crippen MR) is 121 cm³/mol. The maximum Gasteiger partial charge on any atom is 0.328 e. The first kappa shape index (κ1) is 25.1. The van der Waals surface area contributed by atoms with Crippen LogP contribution in [0.1, 0.15) is 10.4 Å². The van der Waals surface area contributed by atoms with Crippen molar-refractivity contribution in [2.75, 3.05) is 25.0 Å². The molecule has 0 unspecified atom stereocenters. The van der Waals surface area contributed by atoms with Crippen molar-refractivity contribution in [3.63, 3.8) is 0 Å². The Kier molecular flexibility index (Phi) is 9.12. The largest absolute Gasteiger partial charge is 0.507 e. The van der Waals surface area contributed by atoms with Gasteiger partial charge in [0.1, 0.15) is 24.1 Å². The molecule has 176 valence electrons. The number of amides is 3. The molecule has 0 aromatic heterocycles. The summed E-state index contributed by atoms with van der Waals surface area (Å²) < 4.78 is 5.35. The number of nitrogens with one attached hydrogen (secondary N) is 5. The molecule has 0 fully saturated rings. The molecule has 12 nitrogen and oxygen atoms in total. The molecular formula is C20H23ClN6O6. The first-order chi connectivity index (χ1) is 15.7. The van der Waals surface area contributed by atoms with Crippen LogP contribution in [0.5, 0.6) is 11.5 Å². The molecule has 2 aromatic carbocycles. The highest BCUT2D eigenvalue weighted by molar-refractivity contribution is 6.33. The number of phenols is 1. The maximum atomic E-state index is 12.4. The number of hydrogen-bond donors (Lipinski definition) is 8. The van der Waals surface area contributed by atoms with Crippen LogP contribution >= 0.6 is 11.6 Å². The highest BCUT2D eigenvalue weighted by Gasteiger charge is 2.22. The van der Waals surface area contributed by atoms with E-state index < -0.39 is 30.5 Å². The van der Waals surface area contributed by atoms with Gasteiger partial charge in [-0.3, -0.25) is 10.2 Å². The minimum absolute atomic E-state index is 0.117. The number of carboxylic acid groups (broad SMARTS) is 1. The number of carbonyl (C=O) groups is 3. The fourth-order valence-corrected chi connectivity index (χ4v) is 2.70. The van der Waals surface area contributed by atoms with Gasteiger partial charge in [0.2, 0.25) is 0 Å². The third-order valence-corrected chi connectivity index (χ3v) is 4.42. The number of rotatable bonds is 10. The van der Waals surface area contributed by atoms with Crippen LogP contribution in [-0.2, 0) is 4.79 Å². The summed E-state index contributed by atoms with van der Waals surface area (Å²) in [6, 6.07) is 8.07. The lowest BCUT2D eigenvalue weighted by atomic mass is 10.1. The van der Waals surface area contributed by atoms with Crippen molar-refractivity contribution in [2.24, 2.45) is 5.73 Å². The Labute approximate surface area is 193 Å². The third kappa shape index (κ3) is 8.10. The average molecular weight is 479 g/mol. The van der Waals surface area contributed by atoms with E-state index in [1.165, 1.54) is 24.3 Å². The number of carboxylic acids is 1. The summed E-state index contributed by atoms with van der Waals surface area (Å²) in [4.78, 5) is 35.9. The van der Waals surface area contributed by atoms with Gasteiger partial charge in [-0.15, -0.1) is 0 Å². The number of carbonyl (C=O) groups excluding carboxylic acids is 2. The summed E-state index contributed by atoms with van der Waals surface area (Å²) in [5.74, 6) is -2.45. The smallest absolute Gasteiger partial charge is 0.328 e. The van der Waals surface area contributed by atoms with Crippen molar-refractivity contribution in [3.8, 4) is 11.5 Å². The Morgan fingerprint density at radius 2 is 1.88 bits per heavy atom. The number of urea groups is 1. The first-order valence-corrected chi connectivity index (χ1v) is 9.92. The Morgan fingerprint density at radius 1 is 1.15 bits per heavy atom. The second-order valence-electron chi connectivity index (χ2n) is 6.55. The number of halogens is 1. The number of hydrogen-bond acceptors (Lipinski definition) is 6. The molecule has 0 saturated carbocycles. The average Bonchev–Trinajstić information content (AvgIpc) is 2.75. The first-order valence-electron chi connectivity index (χ1n) is 9.54. The van der Waals surface area contributed by atoms with E-state index in [0.29, 0.717) is 0 Å². The highest BCUT2D eigenvalue weighted by atomic mass is 35.5. The molecule has 13 heteroatoms. The molecule has 3 amide bonds. The number of guanidine groups is 1. The van der Waals surface area contributed by atoms with Gasteiger partial charge in [0.15, 0.2) is 5.96 Å². The van der Waals surface area contributed by atoms with Crippen LogP contribution in [0, 0.1) is 5.41 Å². The van der Waals surface area contributed by atoms with Crippen LogP contribution in [0.15, 0.2) is 42.5 Å². The summed E-state index contributed by atoms with van der Waals surface area (Å²) in [5.41, 5.74) is 5.32. The van der Waals surface area contributed by atoms with E-state index in [-0.39, 0.29) is 46.9 Å². The Balaban J connectivity index is 1.91. The standard InChI is InChI=1S/C20H23ClN6O6/c21-13-3-1-2-4-14(13)26-20(32)27-15(18(30)31)10-25-17(29)12-6-5-11(9-16(12)28)33-8-7-24-19(22)23/h1-6,9,15,28H,7-8,10H2,(H,25,29)(H,30,31)(H4,22,23,24)(H2,26,27,32)/t15-/m0/s1. The number of aromatic hydroxyl groups is 1. The summed E-state index contributed by atoms with van der Waals surface area (Å²) in [6.45, 7) is -0.0166. The van der Waals surface area contributed by atoms with E-state index in [1.54, 1.807) is 18.2 Å². The van der Waals surface area contributed by atoms with E-state index >= 15 is 0 Å². The topological polar surface area (TPSA) is 199 Å². The molecule has 0 saturated heterocycles. The third-order valence-electron chi connectivity index (χ3n) is 4.09. The molecule has 33 heavy (non-hydrogen) atoms. The van der Waals surface area contributed by atoms with E-state index in [4.69, 9.17) is 27.5 Å². The van der Waals surface area contributed by atoms with Crippen LogP contribution in [-0.4, -0.2) is 59.8 Å². The lowest BCUT2D eigenvalue weighted by molar-refractivity contribution is -0.138. The summed E-state index contributed by atoms with van der Waals surface area (Å²) in [6.07, 6.45) is 0. The monoisotopic (exact) mass is 478 g/mol. The van der Waals surface area contributed by atoms with E-state index in [1.807, 2.05) is 0 Å². The van der Waals surface area contributed by atoms with Gasteiger partial charge in [0.05, 0.1) is 22.8 Å². The molecule has 0 spiro atoms. The molecule has 1 atom stereocenters. The Hall–Kier alpha value is -4.19. The van der Waals surface area contributed by atoms with Crippen LogP contribution in [0.3, 0.4) is 0 Å². The van der Waals surface area contributed by atoms with Gasteiger partial charge < -0.3 is 42.0 Å². The molecule has 2 aromatic rings. The zero-order valence-electron chi connectivity index (χ0n) is 17.2. The van der Waals surface area contributed by atoms with Gasteiger partial charge in [-0.2, -0.15) is 0 Å². The molecule has 2 rings (SSSR count). The lowest BCUT2D eigenvalue weighted by Gasteiger charge is -2.17. The molecule has 0 radical (unpaired) electrons. The minimum Gasteiger partial charge on any atom is -0.507 e. The minimum atomic E-state index is -1.45. The number of anilines is 1. The second-order valence-corrected chi connectivity index (χ2v) is 6.95. The fourth-order valence-electron chi connectivity index (χ4n) is 2.52. The summed E-state index contributed by atoms with van der Waals surface area (Å²) in [5, 5.41) is 36.3. The van der Waals surface area contributed by atoms with E-state index in [9.17, 15) is 24.6 Å². The van der Waals surface area contributed by atoms with Crippen molar-refractivity contribution < 1.29 is 29.3 Å². The number of ether oxygens (including phenoxy) is 1. The Bertz CT molecular complexity index is 1030.